The number of halogens is 3. The number of hydrazine groups is 1. The number of rotatable bonds is 5. The quantitative estimate of drug-likeness (QED) is 0.795. The van der Waals surface area contributed by atoms with E-state index < -0.39 is 6.36 Å². The Labute approximate surface area is 162 Å². The number of alkyl halides is 3. The molecule has 2 N–H and O–H groups in total. The molecule has 0 spiro atoms. The Morgan fingerprint density at radius 2 is 1.71 bits per heavy atom. The molecule has 0 bridgehead atoms. The number of benzene rings is 1. The average molecular weight is 398 g/mol. The number of hydrogen-bond donors (Lipinski definition) is 2. The lowest BCUT2D eigenvalue weighted by molar-refractivity contribution is -0.274. The van der Waals surface area contributed by atoms with Crippen molar-refractivity contribution < 1.29 is 22.6 Å². The molecule has 1 atom stereocenters. The topological polar surface area (TPSA) is 49.0 Å². The Bertz CT molecular complexity index is 698. The van der Waals surface area contributed by atoms with Crippen LogP contribution in [0, 0.1) is 0 Å². The van der Waals surface area contributed by atoms with Crippen molar-refractivity contribution in [3.05, 3.63) is 36.0 Å². The maximum absolute atomic E-state index is 12.3. The molecule has 0 saturated carbocycles. The molecule has 0 amide bonds. The van der Waals surface area contributed by atoms with E-state index in [4.69, 9.17) is 4.74 Å². The molecule has 0 aromatic heterocycles. The lowest BCUT2D eigenvalue weighted by Crippen LogP contribution is -2.53. The molecule has 154 valence electrons. The second-order valence-electron chi connectivity index (χ2n) is 7.41. The van der Waals surface area contributed by atoms with E-state index in [1.165, 1.54) is 12.1 Å². The first-order valence-electron chi connectivity index (χ1n) is 9.58. The monoisotopic (exact) mass is 398 g/mol. The second-order valence-corrected chi connectivity index (χ2v) is 7.41. The highest BCUT2D eigenvalue weighted by Gasteiger charge is 2.33. The zero-order valence-corrected chi connectivity index (χ0v) is 15.7. The maximum atomic E-state index is 12.3. The lowest BCUT2D eigenvalue weighted by atomic mass is 10.1. The molecule has 3 heterocycles. The van der Waals surface area contributed by atoms with Gasteiger partial charge in [-0.05, 0) is 50.1 Å². The summed E-state index contributed by atoms with van der Waals surface area (Å²) >= 11 is 0. The molecular weight excluding hydrogens is 373 g/mol. The zero-order valence-electron chi connectivity index (χ0n) is 15.7. The van der Waals surface area contributed by atoms with Crippen LogP contribution < -0.4 is 20.5 Å². The fraction of sp³-hybridized carbons (Fsp3) is 0.579. The molecule has 6 nitrogen and oxygen atoms in total. The van der Waals surface area contributed by atoms with Gasteiger partial charge < -0.3 is 14.8 Å². The third-order valence-corrected chi connectivity index (χ3v) is 5.34. The van der Waals surface area contributed by atoms with Crippen molar-refractivity contribution in [1.82, 2.24) is 15.6 Å². The van der Waals surface area contributed by atoms with Gasteiger partial charge >= 0.3 is 6.36 Å². The van der Waals surface area contributed by atoms with Crippen molar-refractivity contribution in [3.63, 3.8) is 0 Å². The third-order valence-electron chi connectivity index (χ3n) is 5.34. The van der Waals surface area contributed by atoms with E-state index in [2.05, 4.69) is 26.5 Å². The summed E-state index contributed by atoms with van der Waals surface area (Å²) in [6.07, 6.45) is 0.222. The first-order chi connectivity index (χ1) is 13.4. The van der Waals surface area contributed by atoms with Crippen LogP contribution in [0.2, 0.25) is 0 Å². The van der Waals surface area contributed by atoms with Crippen LogP contribution in [0.5, 0.6) is 5.75 Å². The largest absolute Gasteiger partial charge is 0.573 e. The summed E-state index contributed by atoms with van der Waals surface area (Å²) < 4.78 is 46.9. The van der Waals surface area contributed by atoms with E-state index in [1.807, 2.05) is 11.9 Å². The van der Waals surface area contributed by atoms with E-state index in [9.17, 15) is 13.2 Å². The molecule has 9 heteroatoms. The molecule has 2 fully saturated rings. The molecule has 0 radical (unpaired) electrons. The number of hydrogen-bond acceptors (Lipinski definition) is 6. The Balaban J connectivity index is 1.31. The maximum Gasteiger partial charge on any atom is 0.573 e. The highest BCUT2D eigenvalue weighted by molar-refractivity contribution is 5.54. The normalized spacial score (nSPS) is 24.9. The minimum Gasteiger partial charge on any atom is -0.406 e. The number of ether oxygens (including phenoxy) is 2. The summed E-state index contributed by atoms with van der Waals surface area (Å²) in [4.78, 5) is 2.36. The summed E-state index contributed by atoms with van der Waals surface area (Å²) in [6.45, 7) is 5.77. The van der Waals surface area contributed by atoms with E-state index in [-0.39, 0.29) is 11.9 Å². The van der Waals surface area contributed by atoms with Crippen molar-refractivity contribution in [2.75, 3.05) is 31.2 Å². The van der Waals surface area contributed by atoms with Gasteiger partial charge in [-0.1, -0.05) is 0 Å². The Morgan fingerprint density at radius 1 is 1.04 bits per heavy atom. The van der Waals surface area contributed by atoms with Crippen LogP contribution in [0.15, 0.2) is 36.0 Å². The van der Waals surface area contributed by atoms with Crippen molar-refractivity contribution in [2.45, 2.75) is 44.5 Å². The van der Waals surface area contributed by atoms with Crippen LogP contribution in [-0.2, 0) is 4.74 Å². The molecule has 1 unspecified atom stereocenters. The van der Waals surface area contributed by atoms with Gasteiger partial charge in [0.15, 0.2) is 0 Å². The van der Waals surface area contributed by atoms with Gasteiger partial charge in [0.1, 0.15) is 5.75 Å². The first-order valence-corrected chi connectivity index (χ1v) is 9.58. The van der Waals surface area contributed by atoms with Crippen molar-refractivity contribution >= 4 is 5.69 Å². The van der Waals surface area contributed by atoms with Crippen LogP contribution in [0.25, 0.3) is 0 Å². The number of allylic oxidation sites excluding steroid dienone is 1. The van der Waals surface area contributed by atoms with E-state index in [0.29, 0.717) is 12.2 Å². The van der Waals surface area contributed by atoms with Gasteiger partial charge in [0.2, 0.25) is 0 Å². The van der Waals surface area contributed by atoms with Crippen molar-refractivity contribution in [1.29, 1.82) is 0 Å². The first kappa shape index (κ1) is 19.5. The molecule has 3 aliphatic heterocycles. The number of nitrogens with one attached hydrogen (secondary N) is 2. The zero-order chi connectivity index (χ0) is 19.7. The van der Waals surface area contributed by atoms with E-state index >= 15 is 0 Å². The molecule has 28 heavy (non-hydrogen) atoms. The second kappa shape index (κ2) is 7.90. The van der Waals surface area contributed by atoms with Crippen LogP contribution >= 0.6 is 0 Å². The van der Waals surface area contributed by atoms with Crippen LogP contribution in [0.1, 0.15) is 19.8 Å². The number of piperidine rings is 1. The summed E-state index contributed by atoms with van der Waals surface area (Å²) in [6, 6.07) is 5.87. The summed E-state index contributed by atoms with van der Waals surface area (Å²) in [5, 5.41) is 5.12. The SMILES string of the molecule is CC1=CC(N2CCC(OC3CNC3)CC2)NN1c1ccc(OC(F)(F)F)cc1. The predicted molar refractivity (Wildman–Crippen MR) is 98.6 cm³/mol. The third kappa shape index (κ3) is 4.60. The van der Waals surface area contributed by atoms with Crippen LogP contribution in [-0.4, -0.2) is 55.8 Å². The van der Waals surface area contributed by atoms with Crippen LogP contribution in [0.4, 0.5) is 18.9 Å². The Morgan fingerprint density at radius 3 is 2.29 bits per heavy atom. The highest BCUT2D eigenvalue weighted by Crippen LogP contribution is 2.29. The summed E-state index contributed by atoms with van der Waals surface area (Å²) in [5.41, 5.74) is 5.20. The van der Waals surface area contributed by atoms with Gasteiger partial charge in [-0.2, -0.15) is 0 Å². The van der Waals surface area contributed by atoms with E-state index in [0.717, 1.165) is 50.4 Å². The van der Waals surface area contributed by atoms with Crippen molar-refractivity contribution in [3.8, 4) is 5.75 Å². The number of anilines is 1. The lowest BCUT2D eigenvalue weighted by Gasteiger charge is -2.38. The molecule has 4 rings (SSSR count). The predicted octanol–water partition coefficient (Wildman–Crippen LogP) is 2.59. The smallest absolute Gasteiger partial charge is 0.406 e. The molecule has 0 aliphatic carbocycles. The highest BCUT2D eigenvalue weighted by atomic mass is 19.4. The minimum absolute atomic E-state index is 0.0671. The van der Waals surface area contributed by atoms with Gasteiger partial charge in [-0.3, -0.25) is 9.91 Å². The van der Waals surface area contributed by atoms with Crippen molar-refractivity contribution in [2.24, 2.45) is 0 Å². The van der Waals surface area contributed by atoms with E-state index in [1.54, 1.807) is 12.1 Å². The number of nitrogens with zero attached hydrogens (tertiary/aromatic N) is 2. The summed E-state index contributed by atoms with van der Waals surface area (Å²) in [5.74, 6) is -0.225. The molecule has 3 aliphatic rings. The summed E-state index contributed by atoms with van der Waals surface area (Å²) in [7, 11) is 0. The molecule has 1 aromatic carbocycles. The van der Waals surface area contributed by atoms with Gasteiger partial charge in [0, 0.05) is 31.9 Å². The average Bonchev–Trinajstić information content (AvgIpc) is 3.00. The van der Waals surface area contributed by atoms with Gasteiger partial charge in [-0.25, -0.2) is 5.43 Å². The van der Waals surface area contributed by atoms with Gasteiger partial charge in [-0.15, -0.1) is 13.2 Å². The molecule has 2 saturated heterocycles. The standard InChI is InChI=1S/C19H25F3N4O2/c1-13-10-18(25-8-6-15(7-9-25)27-17-11-23-12-17)24-26(13)14-2-4-16(5-3-14)28-19(20,21)22/h2-5,10,15,17-18,23-24H,6-9,11-12H2,1H3. The Hall–Kier alpha value is -1.81. The minimum atomic E-state index is -4.68. The fourth-order valence-corrected chi connectivity index (χ4v) is 3.76. The molecule has 1 aromatic rings. The number of likely N-dealkylation sites (tertiary alicyclic amines) is 1. The molecular formula is C19H25F3N4O2. The van der Waals surface area contributed by atoms with Crippen LogP contribution in [0.3, 0.4) is 0 Å². The van der Waals surface area contributed by atoms with Gasteiger partial charge in [0.05, 0.1) is 24.1 Å². The fourth-order valence-electron chi connectivity index (χ4n) is 3.76. The Kier molecular flexibility index (Phi) is 5.50. The van der Waals surface area contributed by atoms with Gasteiger partial charge in [0.25, 0.3) is 0 Å².